The highest BCUT2D eigenvalue weighted by Crippen LogP contribution is 2.22. The van der Waals surface area contributed by atoms with Gasteiger partial charge >= 0.3 is 0 Å². The molecule has 132 valence electrons. The molecule has 3 aromatic rings. The van der Waals surface area contributed by atoms with Crippen molar-refractivity contribution in [2.24, 2.45) is 5.10 Å². The lowest BCUT2D eigenvalue weighted by atomic mass is 10.1. The summed E-state index contributed by atoms with van der Waals surface area (Å²) >= 11 is 5.94. The zero-order chi connectivity index (χ0) is 18.5. The monoisotopic (exact) mass is 370 g/mol. The Labute approximate surface area is 154 Å². The van der Waals surface area contributed by atoms with E-state index in [1.165, 1.54) is 12.5 Å². The number of benzene rings is 2. The Bertz CT molecular complexity index is 1040. The predicted octanol–water partition coefficient (Wildman–Crippen LogP) is 3.28. The van der Waals surface area contributed by atoms with Crippen LogP contribution in [-0.2, 0) is 4.79 Å². The number of para-hydroxylation sites is 1. The van der Waals surface area contributed by atoms with Crippen molar-refractivity contribution in [2.75, 3.05) is 6.61 Å². The molecule has 1 heterocycles. The number of ether oxygens (including phenoxy) is 1. The molecule has 0 atom stereocenters. The number of fused-ring (bicyclic) bond motifs is 1. The summed E-state index contributed by atoms with van der Waals surface area (Å²) in [6.45, 7) is 1.63. The zero-order valence-corrected chi connectivity index (χ0v) is 14.6. The van der Waals surface area contributed by atoms with Gasteiger partial charge in [-0.3, -0.25) is 9.59 Å². The lowest BCUT2D eigenvalue weighted by Crippen LogP contribution is -2.25. The predicted molar refractivity (Wildman–Crippen MR) is 99.9 cm³/mol. The van der Waals surface area contributed by atoms with E-state index in [9.17, 15) is 9.59 Å². The van der Waals surface area contributed by atoms with Gasteiger partial charge in [0.25, 0.3) is 5.91 Å². The van der Waals surface area contributed by atoms with Crippen LogP contribution in [0.5, 0.6) is 5.75 Å². The number of rotatable bonds is 5. The molecule has 7 heteroatoms. The normalized spacial score (nSPS) is 11.0. The first-order valence-electron chi connectivity index (χ1n) is 7.76. The molecule has 0 bridgehead atoms. The van der Waals surface area contributed by atoms with Crippen LogP contribution in [0.2, 0.25) is 5.02 Å². The maximum atomic E-state index is 12.4. The van der Waals surface area contributed by atoms with Crippen LogP contribution in [0.4, 0.5) is 0 Å². The minimum atomic E-state index is -0.484. The summed E-state index contributed by atoms with van der Waals surface area (Å²) in [6.07, 6.45) is 2.54. The van der Waals surface area contributed by atoms with Crippen LogP contribution in [0.25, 0.3) is 11.0 Å². The number of carbonyl (C=O) groups excluding carboxylic acids is 1. The Hall–Kier alpha value is -3.12. The van der Waals surface area contributed by atoms with Gasteiger partial charge in [-0.05, 0) is 31.2 Å². The number of hydrogen-bond acceptors (Lipinski definition) is 5. The standard InChI is InChI=1S/C19H15ClN2O4/c1-12-6-7-16-14(8-12)19(24)13(10-25-16)9-21-22-18(23)11-26-17-5-3-2-4-15(17)20/h2-10H,11H2,1H3,(H,22,23)/b21-9-. The molecule has 0 saturated carbocycles. The molecule has 0 radical (unpaired) electrons. The summed E-state index contributed by atoms with van der Waals surface area (Å²) in [5.41, 5.74) is 3.74. The fourth-order valence-electron chi connectivity index (χ4n) is 2.26. The van der Waals surface area contributed by atoms with E-state index < -0.39 is 5.91 Å². The fourth-order valence-corrected chi connectivity index (χ4v) is 2.45. The van der Waals surface area contributed by atoms with Gasteiger partial charge in [0.1, 0.15) is 17.6 Å². The Morgan fingerprint density at radius 2 is 2.12 bits per heavy atom. The van der Waals surface area contributed by atoms with Crippen molar-refractivity contribution >= 4 is 34.7 Å². The van der Waals surface area contributed by atoms with Gasteiger partial charge < -0.3 is 9.15 Å². The molecule has 0 aliphatic carbocycles. The van der Waals surface area contributed by atoms with Crippen molar-refractivity contribution in [1.29, 1.82) is 0 Å². The van der Waals surface area contributed by atoms with Crippen molar-refractivity contribution in [1.82, 2.24) is 5.43 Å². The Morgan fingerprint density at radius 1 is 1.31 bits per heavy atom. The minimum Gasteiger partial charge on any atom is -0.482 e. The molecular formula is C19H15ClN2O4. The SMILES string of the molecule is Cc1ccc2occ(/C=N\NC(=O)COc3ccccc3Cl)c(=O)c2c1. The molecule has 0 spiro atoms. The second-order valence-electron chi connectivity index (χ2n) is 5.53. The summed E-state index contributed by atoms with van der Waals surface area (Å²) in [5.74, 6) is -0.0824. The summed E-state index contributed by atoms with van der Waals surface area (Å²) in [5, 5.41) is 4.64. The Balaban J connectivity index is 1.64. The van der Waals surface area contributed by atoms with Crippen LogP contribution in [-0.4, -0.2) is 18.7 Å². The molecular weight excluding hydrogens is 356 g/mol. The van der Waals surface area contributed by atoms with E-state index in [-0.39, 0.29) is 17.6 Å². The highest BCUT2D eigenvalue weighted by molar-refractivity contribution is 6.32. The minimum absolute atomic E-state index is 0.222. The number of nitrogens with one attached hydrogen (secondary N) is 1. The van der Waals surface area contributed by atoms with Gasteiger partial charge in [-0.25, -0.2) is 5.43 Å². The molecule has 1 N–H and O–H groups in total. The molecule has 0 unspecified atom stereocenters. The highest BCUT2D eigenvalue weighted by Gasteiger charge is 2.07. The highest BCUT2D eigenvalue weighted by atomic mass is 35.5. The van der Waals surface area contributed by atoms with E-state index in [2.05, 4.69) is 10.5 Å². The third-order valence-electron chi connectivity index (χ3n) is 3.54. The Morgan fingerprint density at radius 3 is 2.92 bits per heavy atom. The van der Waals surface area contributed by atoms with E-state index in [1.54, 1.807) is 36.4 Å². The van der Waals surface area contributed by atoms with Crippen LogP contribution < -0.4 is 15.6 Å². The Kier molecular flexibility index (Phi) is 5.34. The second-order valence-corrected chi connectivity index (χ2v) is 5.94. The summed E-state index contributed by atoms with van der Waals surface area (Å²) in [7, 11) is 0. The lowest BCUT2D eigenvalue weighted by molar-refractivity contribution is -0.123. The van der Waals surface area contributed by atoms with Gasteiger partial charge in [0.05, 0.1) is 22.2 Å². The first-order chi connectivity index (χ1) is 12.5. The van der Waals surface area contributed by atoms with Crippen LogP contribution >= 0.6 is 11.6 Å². The van der Waals surface area contributed by atoms with Crippen LogP contribution in [0.1, 0.15) is 11.1 Å². The number of hydrazone groups is 1. The largest absolute Gasteiger partial charge is 0.482 e. The van der Waals surface area contributed by atoms with Crippen LogP contribution in [0, 0.1) is 6.92 Å². The number of halogens is 1. The number of hydrogen-bond donors (Lipinski definition) is 1. The second kappa shape index (κ2) is 7.84. The average Bonchev–Trinajstić information content (AvgIpc) is 2.63. The number of carbonyl (C=O) groups is 1. The summed E-state index contributed by atoms with van der Waals surface area (Å²) < 4.78 is 10.7. The smallest absolute Gasteiger partial charge is 0.277 e. The fraction of sp³-hybridized carbons (Fsp3) is 0.105. The molecule has 2 aromatic carbocycles. The first-order valence-corrected chi connectivity index (χ1v) is 8.14. The van der Waals surface area contributed by atoms with Crippen LogP contribution in [0.15, 0.2) is 63.0 Å². The zero-order valence-electron chi connectivity index (χ0n) is 13.9. The van der Waals surface area contributed by atoms with Gasteiger partial charge in [0, 0.05) is 0 Å². The van der Waals surface area contributed by atoms with E-state index in [0.717, 1.165) is 5.56 Å². The quantitative estimate of drug-likeness (QED) is 0.552. The molecule has 1 amide bonds. The van der Waals surface area contributed by atoms with Gasteiger partial charge in [-0.1, -0.05) is 35.4 Å². The van der Waals surface area contributed by atoms with Gasteiger partial charge in [-0.2, -0.15) is 5.10 Å². The number of amides is 1. The van der Waals surface area contributed by atoms with Crippen molar-refractivity contribution in [3.05, 3.63) is 75.1 Å². The van der Waals surface area contributed by atoms with E-state index >= 15 is 0 Å². The molecule has 6 nitrogen and oxygen atoms in total. The molecule has 0 fully saturated rings. The van der Waals surface area contributed by atoms with Crippen molar-refractivity contribution < 1.29 is 13.9 Å². The van der Waals surface area contributed by atoms with Crippen molar-refractivity contribution in [2.45, 2.75) is 6.92 Å². The number of nitrogens with zero attached hydrogens (tertiary/aromatic N) is 1. The third-order valence-corrected chi connectivity index (χ3v) is 3.86. The molecule has 0 aliphatic heterocycles. The topological polar surface area (TPSA) is 80.9 Å². The molecule has 26 heavy (non-hydrogen) atoms. The average molecular weight is 371 g/mol. The summed E-state index contributed by atoms with van der Waals surface area (Å²) in [4.78, 5) is 24.2. The van der Waals surface area contributed by atoms with E-state index in [4.69, 9.17) is 20.8 Å². The summed E-state index contributed by atoms with van der Waals surface area (Å²) in [6, 6.07) is 12.2. The first kappa shape index (κ1) is 17.7. The third kappa shape index (κ3) is 4.10. The molecule has 0 saturated heterocycles. The van der Waals surface area contributed by atoms with E-state index in [1.807, 2.05) is 13.0 Å². The van der Waals surface area contributed by atoms with Gasteiger partial charge in [-0.15, -0.1) is 0 Å². The maximum absolute atomic E-state index is 12.4. The van der Waals surface area contributed by atoms with Gasteiger partial charge in [0.2, 0.25) is 5.43 Å². The van der Waals surface area contributed by atoms with E-state index in [0.29, 0.717) is 21.7 Å². The number of aryl methyl sites for hydroxylation is 1. The molecule has 1 aromatic heterocycles. The van der Waals surface area contributed by atoms with Crippen LogP contribution in [0.3, 0.4) is 0 Å². The van der Waals surface area contributed by atoms with Gasteiger partial charge in [0.15, 0.2) is 6.61 Å². The molecule has 0 aliphatic rings. The maximum Gasteiger partial charge on any atom is 0.277 e. The van der Waals surface area contributed by atoms with Crippen molar-refractivity contribution in [3.63, 3.8) is 0 Å². The van der Waals surface area contributed by atoms with Crippen molar-refractivity contribution in [3.8, 4) is 5.75 Å². The lowest BCUT2D eigenvalue weighted by Gasteiger charge is -2.06. The molecule has 3 rings (SSSR count).